The van der Waals surface area contributed by atoms with Gasteiger partial charge in [0.15, 0.2) is 0 Å². The van der Waals surface area contributed by atoms with Crippen molar-refractivity contribution in [1.29, 1.82) is 0 Å². The van der Waals surface area contributed by atoms with E-state index in [0.717, 1.165) is 12.3 Å². The van der Waals surface area contributed by atoms with Crippen LogP contribution in [0.2, 0.25) is 0 Å². The lowest BCUT2D eigenvalue weighted by Crippen LogP contribution is -2.20. The quantitative estimate of drug-likeness (QED) is 0.674. The van der Waals surface area contributed by atoms with Crippen molar-refractivity contribution in [2.75, 3.05) is 6.61 Å². The van der Waals surface area contributed by atoms with Crippen LogP contribution in [0.15, 0.2) is 60.7 Å². The third-order valence-electron chi connectivity index (χ3n) is 4.04. The predicted molar refractivity (Wildman–Crippen MR) is 88.5 cm³/mol. The van der Waals surface area contributed by atoms with Gasteiger partial charge in [0.1, 0.15) is 0 Å². The molecule has 0 spiro atoms. The summed E-state index contributed by atoms with van der Waals surface area (Å²) in [4.78, 5) is 0. The van der Waals surface area contributed by atoms with Crippen LogP contribution in [0.1, 0.15) is 30.4 Å². The van der Waals surface area contributed by atoms with E-state index in [1.165, 1.54) is 24.0 Å². The number of rotatable bonds is 9. The Morgan fingerprint density at radius 1 is 0.818 bits per heavy atom. The van der Waals surface area contributed by atoms with Crippen molar-refractivity contribution in [3.8, 4) is 0 Å². The number of hydrogen-bond acceptors (Lipinski definition) is 2. The minimum Gasteiger partial charge on any atom is -0.374 e. The first-order valence-corrected chi connectivity index (χ1v) is 8.17. The molecule has 2 nitrogen and oxygen atoms in total. The molecule has 0 aliphatic heterocycles. The second kappa shape index (κ2) is 8.11. The van der Waals surface area contributed by atoms with Gasteiger partial charge in [0.2, 0.25) is 0 Å². The molecule has 2 heteroatoms. The van der Waals surface area contributed by atoms with Crippen LogP contribution in [0.3, 0.4) is 0 Å². The smallest absolute Gasteiger partial charge is 0.0815 e. The average Bonchev–Trinajstić information content (AvgIpc) is 3.38. The van der Waals surface area contributed by atoms with Gasteiger partial charge in [0, 0.05) is 0 Å². The van der Waals surface area contributed by atoms with Gasteiger partial charge in [-0.05, 0) is 23.5 Å². The molecule has 116 valence electrons. The van der Waals surface area contributed by atoms with Gasteiger partial charge in [-0.3, -0.25) is 0 Å². The molecule has 0 aromatic heterocycles. The molecular weight excluding hydrogens is 272 g/mol. The molecule has 2 aromatic rings. The molecule has 0 saturated heterocycles. The number of hydrogen-bond donors (Lipinski definition) is 0. The van der Waals surface area contributed by atoms with E-state index >= 15 is 0 Å². The fraction of sp³-hybridized carbons (Fsp3) is 0.400. The van der Waals surface area contributed by atoms with Crippen LogP contribution in [0, 0.1) is 5.92 Å². The van der Waals surface area contributed by atoms with Crippen molar-refractivity contribution >= 4 is 0 Å². The van der Waals surface area contributed by atoms with Crippen LogP contribution in [0.4, 0.5) is 0 Å². The van der Waals surface area contributed by atoms with Crippen molar-refractivity contribution in [1.82, 2.24) is 0 Å². The molecule has 1 fully saturated rings. The average molecular weight is 296 g/mol. The molecule has 22 heavy (non-hydrogen) atoms. The Bertz CT molecular complexity index is 534. The van der Waals surface area contributed by atoms with E-state index in [-0.39, 0.29) is 6.10 Å². The Balaban J connectivity index is 1.44. The van der Waals surface area contributed by atoms with Crippen molar-refractivity contribution in [2.45, 2.75) is 38.6 Å². The third kappa shape index (κ3) is 5.28. The van der Waals surface area contributed by atoms with Gasteiger partial charge in [-0.15, -0.1) is 0 Å². The summed E-state index contributed by atoms with van der Waals surface area (Å²) in [5.41, 5.74) is 2.45. The highest BCUT2D eigenvalue weighted by molar-refractivity contribution is 5.14. The normalized spacial score (nSPS) is 15.6. The van der Waals surface area contributed by atoms with Crippen LogP contribution < -0.4 is 0 Å². The first-order chi connectivity index (χ1) is 10.9. The summed E-state index contributed by atoms with van der Waals surface area (Å²) in [6.07, 6.45) is 4.03. The van der Waals surface area contributed by atoms with E-state index < -0.39 is 0 Å². The monoisotopic (exact) mass is 296 g/mol. The maximum absolute atomic E-state index is 6.09. The largest absolute Gasteiger partial charge is 0.374 e. The van der Waals surface area contributed by atoms with Crippen LogP contribution in [0.25, 0.3) is 0 Å². The molecule has 2 aromatic carbocycles. The summed E-state index contributed by atoms with van der Waals surface area (Å²) in [6, 6.07) is 20.7. The molecule has 0 heterocycles. The molecule has 1 aliphatic carbocycles. The van der Waals surface area contributed by atoms with E-state index in [1.807, 2.05) is 24.3 Å². The standard InChI is InChI=1S/C20H24O2/c1-3-7-18(8-4-1)14-21-16-20(13-17-11-12-17)22-15-19-9-5-2-6-10-19/h1-10,17,20H,11-16H2/t20-/m1/s1. The second-order valence-corrected chi connectivity index (χ2v) is 6.10. The summed E-state index contributed by atoms with van der Waals surface area (Å²) in [7, 11) is 0. The number of benzene rings is 2. The van der Waals surface area contributed by atoms with Gasteiger partial charge in [0.25, 0.3) is 0 Å². The van der Waals surface area contributed by atoms with E-state index in [9.17, 15) is 0 Å². The highest BCUT2D eigenvalue weighted by atomic mass is 16.5. The highest BCUT2D eigenvalue weighted by Gasteiger charge is 2.26. The predicted octanol–water partition coefficient (Wildman–Crippen LogP) is 4.59. The maximum atomic E-state index is 6.09. The minimum atomic E-state index is 0.205. The summed E-state index contributed by atoms with van der Waals surface area (Å²) >= 11 is 0. The zero-order valence-corrected chi connectivity index (χ0v) is 13.0. The fourth-order valence-corrected chi connectivity index (χ4v) is 2.58. The van der Waals surface area contributed by atoms with E-state index in [1.54, 1.807) is 0 Å². The Morgan fingerprint density at radius 3 is 2.00 bits per heavy atom. The molecule has 1 atom stereocenters. The van der Waals surface area contributed by atoms with Crippen molar-refractivity contribution < 1.29 is 9.47 Å². The molecule has 0 bridgehead atoms. The van der Waals surface area contributed by atoms with Gasteiger partial charge >= 0.3 is 0 Å². The molecule has 0 unspecified atom stereocenters. The first kappa shape index (κ1) is 15.3. The van der Waals surface area contributed by atoms with E-state index in [0.29, 0.717) is 19.8 Å². The van der Waals surface area contributed by atoms with E-state index in [4.69, 9.17) is 9.47 Å². The van der Waals surface area contributed by atoms with Crippen molar-refractivity contribution in [2.24, 2.45) is 5.92 Å². The maximum Gasteiger partial charge on any atom is 0.0815 e. The zero-order chi connectivity index (χ0) is 15.0. The number of ether oxygens (including phenoxy) is 2. The Kier molecular flexibility index (Phi) is 5.63. The summed E-state index contributed by atoms with van der Waals surface area (Å²) in [6.45, 7) is 2.02. The molecule has 1 saturated carbocycles. The lowest BCUT2D eigenvalue weighted by Gasteiger charge is -2.18. The second-order valence-electron chi connectivity index (χ2n) is 6.10. The Labute approximate surface area is 133 Å². The van der Waals surface area contributed by atoms with Gasteiger partial charge in [0.05, 0.1) is 25.9 Å². The molecular formula is C20H24O2. The third-order valence-corrected chi connectivity index (χ3v) is 4.04. The SMILES string of the molecule is c1ccc(COC[C@@H](CC2CC2)OCc2ccccc2)cc1. The summed E-state index contributed by atoms with van der Waals surface area (Å²) in [5, 5.41) is 0. The van der Waals surface area contributed by atoms with Gasteiger partial charge in [-0.2, -0.15) is 0 Å². The van der Waals surface area contributed by atoms with Crippen molar-refractivity contribution in [3.63, 3.8) is 0 Å². The van der Waals surface area contributed by atoms with Crippen LogP contribution >= 0.6 is 0 Å². The summed E-state index contributed by atoms with van der Waals surface area (Å²) in [5.74, 6) is 0.848. The molecule has 1 aliphatic rings. The molecule has 0 radical (unpaired) electrons. The van der Waals surface area contributed by atoms with Crippen LogP contribution in [-0.4, -0.2) is 12.7 Å². The zero-order valence-electron chi connectivity index (χ0n) is 13.0. The topological polar surface area (TPSA) is 18.5 Å². The fourth-order valence-electron chi connectivity index (χ4n) is 2.58. The highest BCUT2D eigenvalue weighted by Crippen LogP contribution is 2.34. The minimum absolute atomic E-state index is 0.205. The van der Waals surface area contributed by atoms with Crippen LogP contribution in [0.5, 0.6) is 0 Å². The van der Waals surface area contributed by atoms with Crippen molar-refractivity contribution in [3.05, 3.63) is 71.8 Å². The van der Waals surface area contributed by atoms with E-state index in [2.05, 4.69) is 36.4 Å². The van der Waals surface area contributed by atoms with Gasteiger partial charge in [-0.25, -0.2) is 0 Å². The molecule has 0 amide bonds. The molecule has 3 rings (SSSR count). The first-order valence-electron chi connectivity index (χ1n) is 8.17. The Hall–Kier alpha value is -1.64. The van der Waals surface area contributed by atoms with Gasteiger partial charge in [-0.1, -0.05) is 73.5 Å². The van der Waals surface area contributed by atoms with Gasteiger partial charge < -0.3 is 9.47 Å². The Morgan fingerprint density at radius 2 is 1.41 bits per heavy atom. The van der Waals surface area contributed by atoms with Crippen LogP contribution in [-0.2, 0) is 22.7 Å². The lowest BCUT2D eigenvalue weighted by atomic mass is 10.2. The lowest BCUT2D eigenvalue weighted by molar-refractivity contribution is -0.0357. The summed E-state index contributed by atoms with van der Waals surface area (Å²) < 4.78 is 12.0. The molecule has 0 N–H and O–H groups in total.